The summed E-state index contributed by atoms with van der Waals surface area (Å²) in [5.74, 6) is -0.0901. The fourth-order valence-corrected chi connectivity index (χ4v) is 3.52. The average Bonchev–Trinajstić information content (AvgIpc) is 3.10. The molecule has 0 unspecified atom stereocenters. The fraction of sp³-hybridized carbons (Fsp3) is 0.130. The normalized spacial score (nSPS) is 10.9. The third kappa shape index (κ3) is 4.10. The number of ether oxygens (including phenoxy) is 1. The van der Waals surface area contributed by atoms with Gasteiger partial charge in [0.25, 0.3) is 0 Å². The van der Waals surface area contributed by atoms with E-state index in [-0.39, 0.29) is 5.56 Å². The van der Waals surface area contributed by atoms with Gasteiger partial charge in [0.15, 0.2) is 0 Å². The van der Waals surface area contributed by atoms with Crippen LogP contribution in [0.3, 0.4) is 0 Å². The number of nitrogens with zero attached hydrogens (tertiary/aromatic N) is 2. The predicted molar refractivity (Wildman–Crippen MR) is 116 cm³/mol. The maximum atomic E-state index is 12.0. The van der Waals surface area contributed by atoms with E-state index in [1.165, 1.54) is 24.4 Å². The molecule has 0 atom stereocenters. The number of halogens is 1. The third-order valence-electron chi connectivity index (χ3n) is 4.73. The van der Waals surface area contributed by atoms with Crippen molar-refractivity contribution in [2.45, 2.75) is 13.5 Å². The Balaban J connectivity index is 1.62. The number of anilines is 2. The second-order valence-corrected chi connectivity index (χ2v) is 7.31. The molecule has 5 nitrogen and oxygen atoms in total. The number of aromatic nitrogens is 2. The summed E-state index contributed by atoms with van der Waals surface area (Å²) in [5, 5.41) is 4.66. The molecule has 0 fully saturated rings. The number of pyridine rings is 1. The van der Waals surface area contributed by atoms with E-state index in [1.807, 2.05) is 12.1 Å². The number of esters is 1. The Labute approximate surface area is 173 Å². The molecule has 2 aromatic heterocycles. The lowest BCUT2D eigenvalue weighted by atomic mass is 10.1. The van der Waals surface area contributed by atoms with Crippen LogP contribution in [0.5, 0.6) is 0 Å². The van der Waals surface area contributed by atoms with Crippen molar-refractivity contribution in [2.75, 3.05) is 12.4 Å². The lowest BCUT2D eigenvalue weighted by Gasteiger charge is -2.11. The van der Waals surface area contributed by atoms with Crippen LogP contribution in [0.25, 0.3) is 10.9 Å². The van der Waals surface area contributed by atoms with Gasteiger partial charge < -0.3 is 14.6 Å². The summed E-state index contributed by atoms with van der Waals surface area (Å²) < 4.78 is 7.04. The molecule has 0 bridgehead atoms. The maximum Gasteiger partial charge on any atom is 0.341 e. The summed E-state index contributed by atoms with van der Waals surface area (Å²) in [6, 6.07) is 18.2. The van der Waals surface area contributed by atoms with Gasteiger partial charge in [-0.05, 0) is 42.8 Å². The van der Waals surface area contributed by atoms with Gasteiger partial charge in [0.2, 0.25) is 0 Å². The Morgan fingerprint density at radius 2 is 2.03 bits per heavy atom. The molecule has 0 aliphatic rings. The maximum absolute atomic E-state index is 12.0. The number of rotatable bonds is 5. The molecule has 4 aromatic rings. The Morgan fingerprint density at radius 3 is 2.83 bits per heavy atom. The Hall–Kier alpha value is -3.31. The highest BCUT2D eigenvalue weighted by Crippen LogP contribution is 2.26. The van der Waals surface area contributed by atoms with Crippen molar-refractivity contribution in [1.82, 2.24) is 9.55 Å². The van der Waals surface area contributed by atoms with Crippen LogP contribution in [0, 0.1) is 6.92 Å². The van der Waals surface area contributed by atoms with Gasteiger partial charge in [-0.25, -0.2) is 9.78 Å². The van der Waals surface area contributed by atoms with Crippen LogP contribution in [0.2, 0.25) is 5.02 Å². The van der Waals surface area contributed by atoms with Gasteiger partial charge in [0.1, 0.15) is 11.4 Å². The van der Waals surface area contributed by atoms with E-state index in [4.69, 9.17) is 16.3 Å². The fourth-order valence-electron chi connectivity index (χ4n) is 3.36. The van der Waals surface area contributed by atoms with Gasteiger partial charge in [0, 0.05) is 35.5 Å². The lowest BCUT2D eigenvalue weighted by molar-refractivity contribution is 0.0601. The van der Waals surface area contributed by atoms with Crippen molar-refractivity contribution in [3.05, 3.63) is 88.7 Å². The zero-order valence-corrected chi connectivity index (χ0v) is 16.9. The highest BCUT2D eigenvalue weighted by atomic mass is 35.5. The first-order valence-electron chi connectivity index (χ1n) is 9.19. The van der Waals surface area contributed by atoms with Crippen molar-refractivity contribution in [3.8, 4) is 0 Å². The van der Waals surface area contributed by atoms with Crippen molar-refractivity contribution in [3.63, 3.8) is 0 Å². The van der Waals surface area contributed by atoms with Gasteiger partial charge in [0.05, 0.1) is 12.1 Å². The molecule has 29 heavy (non-hydrogen) atoms. The topological polar surface area (TPSA) is 56.1 Å². The standard InChI is InChI=1S/C23H20ClN3O2/c1-15-4-3-5-16(10-15)14-27-9-8-17-11-19(6-7-21(17)27)26-22-20(23(28)29-2)12-18(24)13-25-22/h3-13H,14H2,1-2H3,(H,25,26). The number of fused-ring (bicyclic) bond motifs is 1. The summed E-state index contributed by atoms with van der Waals surface area (Å²) in [7, 11) is 1.33. The average molecular weight is 406 g/mol. The summed E-state index contributed by atoms with van der Waals surface area (Å²) >= 11 is 5.98. The predicted octanol–water partition coefficient (Wildman–Crippen LogP) is 5.58. The van der Waals surface area contributed by atoms with E-state index in [9.17, 15) is 4.79 Å². The number of carbonyl (C=O) groups is 1. The second kappa shape index (κ2) is 7.97. The van der Waals surface area contributed by atoms with Crippen molar-refractivity contribution >= 4 is 40.0 Å². The number of carbonyl (C=O) groups excluding carboxylic acids is 1. The van der Waals surface area contributed by atoms with E-state index in [2.05, 4.69) is 64.4 Å². The molecular weight excluding hydrogens is 386 g/mol. The van der Waals surface area contributed by atoms with Gasteiger partial charge in [-0.3, -0.25) is 0 Å². The van der Waals surface area contributed by atoms with E-state index in [1.54, 1.807) is 6.07 Å². The van der Waals surface area contributed by atoms with E-state index in [0.717, 1.165) is 23.1 Å². The molecule has 146 valence electrons. The molecule has 6 heteroatoms. The quantitative estimate of drug-likeness (QED) is 0.440. The van der Waals surface area contributed by atoms with Crippen LogP contribution in [-0.4, -0.2) is 22.6 Å². The highest BCUT2D eigenvalue weighted by molar-refractivity contribution is 6.30. The number of hydrogen-bond donors (Lipinski definition) is 1. The Kier molecular flexibility index (Phi) is 5.23. The van der Waals surface area contributed by atoms with Crippen molar-refractivity contribution in [2.24, 2.45) is 0 Å². The van der Waals surface area contributed by atoms with Gasteiger partial charge in [-0.1, -0.05) is 41.4 Å². The van der Waals surface area contributed by atoms with Crippen LogP contribution >= 0.6 is 11.6 Å². The smallest absolute Gasteiger partial charge is 0.341 e. The zero-order valence-electron chi connectivity index (χ0n) is 16.1. The van der Waals surface area contributed by atoms with Crippen LogP contribution in [0.15, 0.2) is 67.0 Å². The minimum absolute atomic E-state index is 0.289. The van der Waals surface area contributed by atoms with Crippen molar-refractivity contribution in [1.29, 1.82) is 0 Å². The van der Waals surface area contributed by atoms with Crippen LogP contribution in [0.4, 0.5) is 11.5 Å². The van der Waals surface area contributed by atoms with E-state index in [0.29, 0.717) is 10.8 Å². The first kappa shape index (κ1) is 19.0. The van der Waals surface area contributed by atoms with Crippen LogP contribution < -0.4 is 5.32 Å². The number of hydrogen-bond acceptors (Lipinski definition) is 4. The largest absolute Gasteiger partial charge is 0.465 e. The molecule has 2 heterocycles. The molecule has 0 aliphatic heterocycles. The van der Waals surface area contributed by atoms with E-state index >= 15 is 0 Å². The highest BCUT2D eigenvalue weighted by Gasteiger charge is 2.14. The molecular formula is C23H20ClN3O2. The zero-order chi connectivity index (χ0) is 20.4. The van der Waals surface area contributed by atoms with Crippen molar-refractivity contribution < 1.29 is 9.53 Å². The number of aryl methyl sites for hydroxylation is 1. The first-order chi connectivity index (χ1) is 14.0. The van der Waals surface area contributed by atoms with Gasteiger partial charge in [-0.15, -0.1) is 0 Å². The molecule has 1 N–H and O–H groups in total. The van der Waals surface area contributed by atoms with Crippen LogP contribution in [0.1, 0.15) is 21.5 Å². The van der Waals surface area contributed by atoms with Crippen LogP contribution in [-0.2, 0) is 11.3 Å². The monoisotopic (exact) mass is 405 g/mol. The lowest BCUT2D eigenvalue weighted by Crippen LogP contribution is -2.07. The minimum Gasteiger partial charge on any atom is -0.465 e. The summed E-state index contributed by atoms with van der Waals surface area (Å²) in [6.07, 6.45) is 3.57. The summed E-state index contributed by atoms with van der Waals surface area (Å²) in [4.78, 5) is 16.3. The Morgan fingerprint density at radius 1 is 1.17 bits per heavy atom. The molecule has 0 saturated carbocycles. The molecule has 0 amide bonds. The third-order valence-corrected chi connectivity index (χ3v) is 4.94. The second-order valence-electron chi connectivity index (χ2n) is 6.87. The number of nitrogens with one attached hydrogen (secondary N) is 1. The van der Waals surface area contributed by atoms with E-state index < -0.39 is 5.97 Å². The molecule has 2 aromatic carbocycles. The molecule has 4 rings (SSSR count). The molecule has 0 saturated heterocycles. The first-order valence-corrected chi connectivity index (χ1v) is 9.56. The van der Waals surface area contributed by atoms with Gasteiger partial charge >= 0.3 is 5.97 Å². The minimum atomic E-state index is -0.493. The Bertz CT molecular complexity index is 1200. The number of benzene rings is 2. The molecule has 0 aliphatic carbocycles. The number of methoxy groups -OCH3 is 1. The summed E-state index contributed by atoms with van der Waals surface area (Å²) in [6.45, 7) is 2.91. The molecule has 0 spiro atoms. The SMILES string of the molecule is COC(=O)c1cc(Cl)cnc1Nc1ccc2c(ccn2Cc2cccc(C)c2)c1. The van der Waals surface area contributed by atoms with Gasteiger partial charge in [-0.2, -0.15) is 0 Å². The summed E-state index contributed by atoms with van der Waals surface area (Å²) in [5.41, 5.74) is 4.76. The molecule has 0 radical (unpaired) electrons.